The molecule has 0 aliphatic heterocycles. The average molecular weight is 235 g/mol. The number of imidazole rings is 1. The van der Waals surface area contributed by atoms with E-state index in [4.69, 9.17) is 5.73 Å². The maximum Gasteiger partial charge on any atom is 0.232 e. The molecule has 0 aromatic carbocycles. The van der Waals surface area contributed by atoms with E-state index < -0.39 is 0 Å². The van der Waals surface area contributed by atoms with E-state index in [1.54, 1.807) is 17.1 Å². The highest BCUT2D eigenvalue weighted by Crippen LogP contribution is 2.26. The summed E-state index contributed by atoms with van der Waals surface area (Å²) in [5, 5.41) is 0. The van der Waals surface area contributed by atoms with Gasteiger partial charge in [-0.3, -0.25) is 9.36 Å². The number of carbonyl (C=O) groups excluding carboxylic acids is 1. The van der Waals surface area contributed by atoms with E-state index >= 15 is 0 Å². The van der Waals surface area contributed by atoms with Gasteiger partial charge < -0.3 is 5.73 Å². The Morgan fingerprint density at radius 2 is 2.18 bits per heavy atom. The van der Waals surface area contributed by atoms with Crippen molar-refractivity contribution in [2.24, 2.45) is 11.7 Å². The molecule has 1 saturated carbocycles. The molecule has 0 saturated heterocycles. The van der Waals surface area contributed by atoms with Crippen molar-refractivity contribution in [2.75, 3.05) is 6.54 Å². The van der Waals surface area contributed by atoms with Crippen molar-refractivity contribution < 1.29 is 4.79 Å². The molecule has 0 unspecified atom stereocenters. The van der Waals surface area contributed by atoms with Crippen molar-refractivity contribution >= 4 is 5.91 Å². The van der Waals surface area contributed by atoms with Crippen LogP contribution in [0.2, 0.25) is 0 Å². The van der Waals surface area contributed by atoms with E-state index in [0.29, 0.717) is 18.9 Å². The third kappa shape index (κ3) is 3.16. The molecule has 1 heterocycles. The number of hydrogen-bond acceptors (Lipinski definition) is 3. The van der Waals surface area contributed by atoms with Gasteiger partial charge >= 0.3 is 0 Å². The SMILES string of the molecule is NCCc1cncn1C(=O)CC1CCCCC1. The van der Waals surface area contributed by atoms with Crippen LogP contribution in [-0.2, 0) is 6.42 Å². The molecule has 1 aliphatic rings. The standard InChI is InChI=1S/C13H21N3O/c14-7-6-12-9-15-10-16(12)13(17)8-11-4-2-1-3-5-11/h9-11H,1-8,14H2. The normalized spacial score (nSPS) is 17.2. The zero-order valence-electron chi connectivity index (χ0n) is 10.3. The summed E-state index contributed by atoms with van der Waals surface area (Å²) in [5.41, 5.74) is 6.46. The van der Waals surface area contributed by atoms with Gasteiger partial charge in [0, 0.05) is 24.7 Å². The molecule has 0 bridgehead atoms. The average Bonchev–Trinajstić information content (AvgIpc) is 2.79. The zero-order valence-corrected chi connectivity index (χ0v) is 10.3. The molecule has 1 aliphatic carbocycles. The lowest BCUT2D eigenvalue weighted by Crippen LogP contribution is -2.19. The highest BCUT2D eigenvalue weighted by molar-refractivity contribution is 5.79. The van der Waals surface area contributed by atoms with E-state index in [1.165, 1.54) is 32.1 Å². The first-order valence-corrected chi connectivity index (χ1v) is 6.55. The monoisotopic (exact) mass is 235 g/mol. The largest absolute Gasteiger partial charge is 0.330 e. The lowest BCUT2D eigenvalue weighted by atomic mass is 9.87. The molecule has 1 fully saturated rings. The number of aromatic nitrogens is 2. The van der Waals surface area contributed by atoms with Crippen LogP contribution in [0.15, 0.2) is 12.5 Å². The summed E-state index contributed by atoms with van der Waals surface area (Å²) in [6.45, 7) is 0.558. The maximum absolute atomic E-state index is 12.2. The Morgan fingerprint density at radius 3 is 2.88 bits per heavy atom. The van der Waals surface area contributed by atoms with E-state index in [1.807, 2.05) is 0 Å². The Balaban J connectivity index is 1.96. The second-order valence-corrected chi connectivity index (χ2v) is 4.90. The van der Waals surface area contributed by atoms with Crippen LogP contribution in [0, 0.1) is 5.92 Å². The summed E-state index contributed by atoms with van der Waals surface area (Å²) in [6, 6.07) is 0. The van der Waals surface area contributed by atoms with Crippen molar-refractivity contribution in [3.8, 4) is 0 Å². The molecule has 1 aromatic heterocycles. The van der Waals surface area contributed by atoms with Gasteiger partial charge in [-0.1, -0.05) is 19.3 Å². The van der Waals surface area contributed by atoms with Crippen molar-refractivity contribution in [2.45, 2.75) is 44.9 Å². The Morgan fingerprint density at radius 1 is 1.41 bits per heavy atom. The Hall–Kier alpha value is -1.16. The molecular weight excluding hydrogens is 214 g/mol. The summed E-state index contributed by atoms with van der Waals surface area (Å²) in [4.78, 5) is 16.2. The minimum atomic E-state index is 0.179. The lowest BCUT2D eigenvalue weighted by molar-refractivity contribution is 0.0865. The van der Waals surface area contributed by atoms with Crippen LogP contribution in [0.4, 0.5) is 0 Å². The number of nitrogens with two attached hydrogens (primary N) is 1. The molecular formula is C13H21N3O. The molecule has 17 heavy (non-hydrogen) atoms. The fourth-order valence-electron chi connectivity index (χ4n) is 2.62. The van der Waals surface area contributed by atoms with E-state index in [9.17, 15) is 4.79 Å². The van der Waals surface area contributed by atoms with Gasteiger partial charge in [-0.25, -0.2) is 4.98 Å². The number of rotatable bonds is 4. The fourth-order valence-corrected chi connectivity index (χ4v) is 2.62. The smallest absolute Gasteiger partial charge is 0.232 e. The second kappa shape index (κ2) is 5.96. The van der Waals surface area contributed by atoms with Crippen molar-refractivity contribution in [1.82, 2.24) is 9.55 Å². The number of carbonyl (C=O) groups is 1. The third-order valence-corrected chi connectivity index (χ3v) is 3.57. The molecule has 0 amide bonds. The van der Waals surface area contributed by atoms with Gasteiger partial charge in [0.05, 0.1) is 0 Å². The van der Waals surface area contributed by atoms with Gasteiger partial charge in [-0.05, 0) is 25.3 Å². The van der Waals surface area contributed by atoms with E-state index in [2.05, 4.69) is 4.98 Å². The predicted octanol–water partition coefficient (Wildman–Crippen LogP) is 1.99. The molecule has 2 rings (SSSR count). The van der Waals surface area contributed by atoms with Crippen LogP contribution in [0.3, 0.4) is 0 Å². The van der Waals surface area contributed by atoms with Crippen molar-refractivity contribution in [1.29, 1.82) is 0 Å². The minimum Gasteiger partial charge on any atom is -0.330 e. The topological polar surface area (TPSA) is 60.9 Å². The summed E-state index contributed by atoms with van der Waals surface area (Å²) >= 11 is 0. The van der Waals surface area contributed by atoms with Gasteiger partial charge in [0.1, 0.15) is 6.33 Å². The summed E-state index contributed by atoms with van der Waals surface area (Å²) in [6.07, 6.45) is 11.0. The zero-order chi connectivity index (χ0) is 12.1. The van der Waals surface area contributed by atoms with E-state index in [-0.39, 0.29) is 5.91 Å². The van der Waals surface area contributed by atoms with Gasteiger partial charge in [-0.15, -0.1) is 0 Å². The molecule has 4 heteroatoms. The van der Waals surface area contributed by atoms with Gasteiger partial charge in [0.15, 0.2) is 0 Å². The summed E-state index contributed by atoms with van der Waals surface area (Å²) in [5.74, 6) is 0.752. The minimum absolute atomic E-state index is 0.179. The van der Waals surface area contributed by atoms with Crippen LogP contribution < -0.4 is 5.73 Å². The van der Waals surface area contributed by atoms with Crippen LogP contribution in [0.1, 0.15) is 49.0 Å². The van der Waals surface area contributed by atoms with Crippen LogP contribution in [0.5, 0.6) is 0 Å². The molecule has 0 atom stereocenters. The molecule has 0 radical (unpaired) electrons. The first-order chi connectivity index (χ1) is 8.31. The fraction of sp³-hybridized carbons (Fsp3) is 0.692. The highest BCUT2D eigenvalue weighted by atomic mass is 16.2. The van der Waals surface area contributed by atoms with E-state index in [0.717, 1.165) is 12.1 Å². The van der Waals surface area contributed by atoms with Crippen LogP contribution in [-0.4, -0.2) is 22.0 Å². The highest BCUT2D eigenvalue weighted by Gasteiger charge is 2.19. The quantitative estimate of drug-likeness (QED) is 0.868. The maximum atomic E-state index is 12.2. The number of nitrogens with zero attached hydrogens (tertiary/aromatic N) is 2. The molecule has 0 spiro atoms. The third-order valence-electron chi connectivity index (χ3n) is 3.57. The Labute approximate surface area is 102 Å². The van der Waals surface area contributed by atoms with Crippen molar-refractivity contribution in [3.05, 3.63) is 18.2 Å². The summed E-state index contributed by atoms with van der Waals surface area (Å²) in [7, 11) is 0. The van der Waals surface area contributed by atoms with Crippen molar-refractivity contribution in [3.63, 3.8) is 0 Å². The molecule has 2 N–H and O–H groups in total. The van der Waals surface area contributed by atoms with Crippen LogP contribution in [0.25, 0.3) is 0 Å². The van der Waals surface area contributed by atoms with Gasteiger partial charge in [0.2, 0.25) is 5.91 Å². The Bertz CT molecular complexity index is 366. The Kier molecular flexibility index (Phi) is 4.31. The second-order valence-electron chi connectivity index (χ2n) is 4.90. The molecule has 1 aromatic rings. The van der Waals surface area contributed by atoms with Gasteiger partial charge in [0.25, 0.3) is 0 Å². The predicted molar refractivity (Wildman–Crippen MR) is 66.8 cm³/mol. The summed E-state index contributed by atoms with van der Waals surface area (Å²) < 4.78 is 1.68. The number of hydrogen-bond donors (Lipinski definition) is 1. The first-order valence-electron chi connectivity index (χ1n) is 6.55. The lowest BCUT2D eigenvalue weighted by Gasteiger charge is -2.21. The first kappa shape index (κ1) is 12.3. The molecule has 4 nitrogen and oxygen atoms in total. The van der Waals surface area contributed by atoms with Crippen LogP contribution >= 0.6 is 0 Å². The van der Waals surface area contributed by atoms with Gasteiger partial charge in [-0.2, -0.15) is 0 Å². The molecule has 94 valence electrons.